The lowest BCUT2D eigenvalue weighted by Gasteiger charge is -2.66. The number of esters is 2. The third-order valence-corrected chi connectivity index (χ3v) is 11.7. The lowest BCUT2D eigenvalue weighted by Crippen LogP contribution is -2.80. The smallest absolute Gasteiger partial charge is 0.336 e. The average Bonchev–Trinajstić information content (AvgIpc) is 3.44. The summed E-state index contributed by atoms with van der Waals surface area (Å²) in [5.74, 6) is -3.74. The van der Waals surface area contributed by atoms with E-state index in [-0.39, 0.29) is 31.7 Å². The Balaban J connectivity index is 1.61. The molecular weight excluding hydrogens is 552 g/mol. The molecule has 1 aliphatic heterocycles. The summed E-state index contributed by atoms with van der Waals surface area (Å²) in [7, 11) is 0. The van der Waals surface area contributed by atoms with Crippen molar-refractivity contribution in [2.24, 2.45) is 16.7 Å². The molecule has 2 saturated carbocycles. The molecule has 10 nitrogen and oxygen atoms in total. The Morgan fingerprint density at radius 2 is 1.88 bits per heavy atom. The number of aliphatic hydroxyl groups excluding tert-OH is 2. The van der Waals surface area contributed by atoms with E-state index in [1.807, 2.05) is 17.5 Å². The summed E-state index contributed by atoms with van der Waals surface area (Å²) in [5, 5.41) is 48.6. The van der Waals surface area contributed by atoms with Gasteiger partial charge in [0.25, 0.3) is 0 Å². The Labute approximate surface area is 243 Å². The first kappa shape index (κ1) is 30.3. The molecule has 0 spiro atoms. The van der Waals surface area contributed by atoms with Crippen LogP contribution in [0, 0.1) is 16.7 Å². The zero-order valence-electron chi connectivity index (χ0n) is 24.2. The zero-order valence-corrected chi connectivity index (χ0v) is 25.1. The Morgan fingerprint density at radius 3 is 2.44 bits per heavy atom. The average molecular weight is 593 g/mol. The van der Waals surface area contributed by atoms with E-state index in [2.05, 4.69) is 0 Å². The fourth-order valence-electron chi connectivity index (χ4n) is 7.74. The molecule has 4 aliphatic rings. The molecule has 2 bridgehead atoms. The van der Waals surface area contributed by atoms with E-state index in [0.29, 0.717) is 11.1 Å². The maximum absolute atomic E-state index is 14.2. The highest BCUT2D eigenvalue weighted by Crippen LogP contribution is 2.63. The summed E-state index contributed by atoms with van der Waals surface area (Å²) < 4.78 is 17.3. The van der Waals surface area contributed by atoms with Gasteiger partial charge in [0.15, 0.2) is 6.10 Å². The summed E-state index contributed by atoms with van der Waals surface area (Å²) in [6.07, 6.45) is -6.41. The van der Waals surface area contributed by atoms with E-state index < -0.39 is 76.3 Å². The molecule has 3 aliphatic carbocycles. The number of rotatable bonds is 5. The van der Waals surface area contributed by atoms with Crippen LogP contribution in [0.4, 0.5) is 0 Å². The van der Waals surface area contributed by atoms with Crippen LogP contribution in [-0.2, 0) is 28.6 Å². The third-order valence-electron chi connectivity index (χ3n) is 10.6. The molecule has 0 aromatic carbocycles. The minimum absolute atomic E-state index is 0.0163. The number of aliphatic hydroxyl groups is 4. The molecule has 1 saturated heterocycles. The van der Waals surface area contributed by atoms with Crippen LogP contribution < -0.4 is 0 Å². The molecule has 5 rings (SSSR count). The van der Waals surface area contributed by atoms with Crippen molar-refractivity contribution in [3.05, 3.63) is 33.5 Å². The van der Waals surface area contributed by atoms with Gasteiger partial charge in [0, 0.05) is 48.3 Å². The second-order valence-electron chi connectivity index (χ2n) is 13.0. The second-order valence-corrected chi connectivity index (χ2v) is 14.0. The van der Waals surface area contributed by atoms with Crippen LogP contribution in [0.3, 0.4) is 0 Å². The first-order chi connectivity index (χ1) is 19.0. The van der Waals surface area contributed by atoms with Gasteiger partial charge in [-0.2, -0.15) is 0 Å². The predicted molar refractivity (Wildman–Crippen MR) is 147 cm³/mol. The number of ether oxygens (including phenoxy) is 3. The number of thiophene rings is 1. The van der Waals surface area contributed by atoms with E-state index in [9.17, 15) is 34.8 Å². The second kappa shape index (κ2) is 9.96. The van der Waals surface area contributed by atoms with Crippen molar-refractivity contribution in [2.75, 3.05) is 6.61 Å². The topological polar surface area (TPSA) is 160 Å². The number of ketones is 1. The van der Waals surface area contributed by atoms with Gasteiger partial charge in [-0.15, -0.1) is 11.3 Å². The molecule has 0 amide bonds. The summed E-state index contributed by atoms with van der Waals surface area (Å²) in [6, 6.07) is 3.64. The van der Waals surface area contributed by atoms with Gasteiger partial charge in [0.05, 0.1) is 24.2 Å². The standard InChI is InChI=1S/C30H40O10S/c1-14-17-10-20(32)28(6)21(33)11-22-29(36,13-38-22)24(28)25(39-16(3)31)30(37,27(17,4)5)12-18(14)40-26(35)23(34)15(2)19-8-7-9-41-19/h7-9,15,18,21-25,33-34,36-37H,10-13H2,1-6H3/t15-,18?,21-,22+,23+,24-,25-,28+,29-,30+/m0/s1. The first-order valence-corrected chi connectivity index (χ1v) is 14.9. The molecule has 1 aromatic rings. The summed E-state index contributed by atoms with van der Waals surface area (Å²) in [4.78, 5) is 40.7. The lowest BCUT2D eigenvalue weighted by atomic mass is 9.45. The molecule has 10 atom stereocenters. The van der Waals surface area contributed by atoms with E-state index in [4.69, 9.17) is 14.2 Å². The van der Waals surface area contributed by atoms with Gasteiger partial charge in [0.1, 0.15) is 29.2 Å². The van der Waals surface area contributed by atoms with E-state index in [1.54, 1.807) is 34.6 Å². The van der Waals surface area contributed by atoms with Gasteiger partial charge in [-0.05, 0) is 30.9 Å². The molecule has 1 aromatic heterocycles. The Morgan fingerprint density at radius 1 is 1.20 bits per heavy atom. The Kier molecular flexibility index (Phi) is 7.36. The van der Waals surface area contributed by atoms with Gasteiger partial charge >= 0.3 is 11.9 Å². The lowest BCUT2D eigenvalue weighted by molar-refractivity contribution is -0.344. The quantitative estimate of drug-likeness (QED) is 0.294. The third kappa shape index (κ3) is 4.26. The van der Waals surface area contributed by atoms with E-state index >= 15 is 0 Å². The molecule has 2 heterocycles. The van der Waals surface area contributed by atoms with Gasteiger partial charge in [0.2, 0.25) is 0 Å². The molecule has 3 fully saturated rings. The fourth-order valence-corrected chi connectivity index (χ4v) is 8.55. The van der Waals surface area contributed by atoms with Crippen molar-refractivity contribution in [3.63, 3.8) is 0 Å². The number of Topliss-reactive ketones (excluding diaryl/α,β-unsaturated/α-hetero) is 1. The maximum atomic E-state index is 14.2. The van der Waals surface area contributed by atoms with Crippen LogP contribution in [0.25, 0.3) is 0 Å². The fraction of sp³-hybridized carbons (Fsp3) is 0.700. The van der Waals surface area contributed by atoms with E-state index in [0.717, 1.165) is 4.88 Å². The molecule has 0 radical (unpaired) electrons. The molecule has 226 valence electrons. The highest BCUT2D eigenvalue weighted by molar-refractivity contribution is 7.10. The monoisotopic (exact) mass is 592 g/mol. The number of hydrogen-bond donors (Lipinski definition) is 4. The van der Waals surface area contributed by atoms with Gasteiger partial charge in [-0.25, -0.2) is 4.79 Å². The van der Waals surface area contributed by atoms with Crippen LogP contribution in [0.15, 0.2) is 28.7 Å². The summed E-state index contributed by atoms with van der Waals surface area (Å²) >= 11 is 1.41. The van der Waals surface area contributed by atoms with Gasteiger partial charge in [-0.3, -0.25) is 9.59 Å². The Bertz CT molecular complexity index is 1270. The van der Waals surface area contributed by atoms with Crippen molar-refractivity contribution in [2.45, 2.75) is 108 Å². The highest BCUT2D eigenvalue weighted by atomic mass is 32.1. The predicted octanol–water partition coefficient (Wildman–Crippen LogP) is 2.02. The molecule has 11 heteroatoms. The molecule has 41 heavy (non-hydrogen) atoms. The number of carbonyl (C=O) groups excluding carboxylic acids is 3. The first-order valence-electron chi connectivity index (χ1n) is 14.1. The van der Waals surface area contributed by atoms with Crippen molar-refractivity contribution < 1.29 is 49.0 Å². The van der Waals surface area contributed by atoms with Gasteiger partial charge in [-0.1, -0.05) is 32.4 Å². The van der Waals surface area contributed by atoms with Crippen LogP contribution in [-0.4, -0.2) is 86.5 Å². The van der Waals surface area contributed by atoms with Gasteiger partial charge < -0.3 is 34.6 Å². The number of fused-ring (bicyclic) bond motifs is 5. The van der Waals surface area contributed by atoms with Crippen LogP contribution >= 0.6 is 11.3 Å². The normalized spacial score (nSPS) is 41.1. The van der Waals surface area contributed by atoms with Crippen molar-refractivity contribution in [1.82, 2.24) is 0 Å². The van der Waals surface area contributed by atoms with Crippen LogP contribution in [0.1, 0.15) is 71.6 Å². The number of carbonyl (C=O) groups is 3. The molecule has 1 unspecified atom stereocenters. The Hall–Kier alpha value is -2.15. The van der Waals surface area contributed by atoms with Crippen LogP contribution in [0.5, 0.6) is 0 Å². The van der Waals surface area contributed by atoms with Crippen molar-refractivity contribution in [1.29, 1.82) is 0 Å². The van der Waals surface area contributed by atoms with Crippen molar-refractivity contribution in [3.8, 4) is 0 Å². The van der Waals surface area contributed by atoms with E-state index in [1.165, 1.54) is 18.3 Å². The largest absolute Gasteiger partial charge is 0.459 e. The minimum atomic E-state index is -1.94. The number of hydrogen-bond acceptors (Lipinski definition) is 11. The highest BCUT2D eigenvalue weighted by Gasteiger charge is 2.75. The molecule has 4 N–H and O–H groups in total. The summed E-state index contributed by atoms with van der Waals surface area (Å²) in [6.45, 7) is 9.49. The summed E-state index contributed by atoms with van der Waals surface area (Å²) in [5.41, 5.74) is -5.28. The molecular formula is C30H40O10S. The van der Waals surface area contributed by atoms with Crippen LogP contribution in [0.2, 0.25) is 0 Å². The SMILES string of the molecule is CC(=O)O[C@H]1[C@@H]2[C@]3(O)CO[C@@H]3C[C@H](O)[C@@]2(C)C(=O)CC2=C(C)C(OC(=O)[C@H](O)[C@@H](C)c3cccs3)C[C@]1(O)C2(C)C. The van der Waals surface area contributed by atoms with Crippen molar-refractivity contribution >= 4 is 29.1 Å². The minimum Gasteiger partial charge on any atom is -0.459 e. The maximum Gasteiger partial charge on any atom is 0.336 e. The zero-order chi connectivity index (χ0) is 30.3.